The Labute approximate surface area is 571 Å². The zero-order valence-electron chi connectivity index (χ0n) is 62.1. The van der Waals surface area contributed by atoms with Gasteiger partial charge in [-0.25, -0.2) is 0 Å². The molecule has 0 aromatic rings. The van der Waals surface area contributed by atoms with Gasteiger partial charge in [0.25, 0.3) is 0 Å². The van der Waals surface area contributed by atoms with E-state index in [9.17, 15) is 19.8 Å². The number of nitrogens with one attached hydrogen (secondary N) is 1. The molecule has 0 fully saturated rings. The number of aliphatic hydroxyl groups excluding tert-OH is 2. The minimum absolute atomic E-state index is 0.0260. The first kappa shape index (κ1) is 89.3. The lowest BCUT2D eigenvalue weighted by Crippen LogP contribution is -2.45. The molecular formula is C85H165NO5. The summed E-state index contributed by atoms with van der Waals surface area (Å²) in [5, 5.41) is 23.3. The van der Waals surface area contributed by atoms with Crippen LogP contribution in [0.2, 0.25) is 0 Å². The maximum Gasteiger partial charge on any atom is 0.305 e. The second-order valence-electron chi connectivity index (χ2n) is 29.2. The van der Waals surface area contributed by atoms with Crippen LogP contribution in [0.4, 0.5) is 0 Å². The predicted octanol–water partition coefficient (Wildman–Crippen LogP) is 28.0. The predicted molar refractivity (Wildman–Crippen MR) is 403 cm³/mol. The molecule has 6 nitrogen and oxygen atoms in total. The maximum atomic E-state index is 12.5. The third kappa shape index (κ3) is 77.2. The molecule has 0 bridgehead atoms. The highest BCUT2D eigenvalue weighted by molar-refractivity contribution is 5.76. The molecule has 0 aliphatic heterocycles. The van der Waals surface area contributed by atoms with Gasteiger partial charge in [-0.3, -0.25) is 9.59 Å². The zero-order chi connectivity index (χ0) is 65.6. The quantitative estimate of drug-likeness (QED) is 0.0320. The number of hydrogen-bond acceptors (Lipinski definition) is 5. The number of amides is 1. The monoisotopic (exact) mass is 1280 g/mol. The Morgan fingerprint density at radius 2 is 0.516 bits per heavy atom. The highest BCUT2D eigenvalue weighted by atomic mass is 16.5. The number of allylic oxidation sites excluding steroid dienone is 3. The van der Waals surface area contributed by atoms with Crippen LogP contribution in [0.1, 0.15) is 483 Å². The minimum Gasteiger partial charge on any atom is -0.466 e. The number of aliphatic hydroxyl groups is 2. The van der Waals surface area contributed by atoms with Crippen LogP contribution >= 0.6 is 0 Å². The van der Waals surface area contributed by atoms with Crippen molar-refractivity contribution in [1.29, 1.82) is 0 Å². The SMILES string of the molecule is CCCCCCCCCCCCCCCCCCCC/C=C/C(O)C(CO)NC(=O)CCCCCCCCCCCCCCCCCCC/C=C\CCCCCCCCCCCCCCCCOC(=O)CCCCCCCCCCCCCCCCCCCCC. The Morgan fingerprint density at radius 1 is 0.297 bits per heavy atom. The van der Waals surface area contributed by atoms with Gasteiger partial charge in [-0.2, -0.15) is 0 Å². The van der Waals surface area contributed by atoms with Gasteiger partial charge in [0.05, 0.1) is 25.4 Å². The van der Waals surface area contributed by atoms with Gasteiger partial charge in [-0.05, 0) is 57.8 Å². The molecule has 0 aliphatic rings. The van der Waals surface area contributed by atoms with Crippen molar-refractivity contribution in [2.45, 2.75) is 495 Å². The summed E-state index contributed by atoms with van der Waals surface area (Å²) in [7, 11) is 0. The number of carbonyl (C=O) groups is 2. The van der Waals surface area contributed by atoms with Crippen LogP contribution < -0.4 is 5.32 Å². The topological polar surface area (TPSA) is 95.9 Å². The molecule has 0 spiro atoms. The summed E-state index contributed by atoms with van der Waals surface area (Å²) in [6, 6.07) is -0.626. The summed E-state index contributed by atoms with van der Waals surface area (Å²) in [6.07, 6.45) is 105. The van der Waals surface area contributed by atoms with Crippen molar-refractivity contribution in [3.05, 3.63) is 24.3 Å². The fraction of sp³-hybridized carbons (Fsp3) is 0.929. The first-order chi connectivity index (χ1) is 45.0. The molecular weight excluding hydrogens is 1110 g/mol. The zero-order valence-corrected chi connectivity index (χ0v) is 62.1. The Kier molecular flexibility index (Phi) is 79.3. The number of esters is 1. The molecule has 6 heteroatoms. The molecule has 540 valence electrons. The molecule has 0 rings (SSSR count). The van der Waals surface area contributed by atoms with Gasteiger partial charge >= 0.3 is 5.97 Å². The van der Waals surface area contributed by atoms with Gasteiger partial charge < -0.3 is 20.3 Å². The molecule has 0 heterocycles. The second-order valence-corrected chi connectivity index (χ2v) is 29.2. The molecule has 1 amide bonds. The molecule has 0 saturated heterocycles. The first-order valence-corrected chi connectivity index (χ1v) is 42.1. The molecule has 91 heavy (non-hydrogen) atoms. The Bertz CT molecular complexity index is 1430. The van der Waals surface area contributed by atoms with Crippen molar-refractivity contribution in [3.8, 4) is 0 Å². The number of hydrogen-bond donors (Lipinski definition) is 3. The molecule has 2 unspecified atom stereocenters. The van der Waals surface area contributed by atoms with Crippen molar-refractivity contribution >= 4 is 11.9 Å². The maximum absolute atomic E-state index is 12.5. The standard InChI is InChI=1S/C85H165NO5/c1-3-5-7-9-11-13-15-17-19-21-23-42-45-49-53-57-61-65-69-73-77-83(88)82(81-87)86-84(89)78-74-70-66-62-58-54-50-46-43-39-37-35-33-31-29-27-25-24-26-28-30-32-34-36-38-40-44-48-52-56-60-64-68-72-76-80-91-85(90)79-75-71-67-63-59-55-51-47-41-22-20-18-16-14-12-10-8-6-4-2/h26,28,73,77,82-83,87-88H,3-25,27,29-72,74-76,78-81H2,1-2H3,(H,86,89)/b28-26-,77-73+. The minimum atomic E-state index is -0.843. The second kappa shape index (κ2) is 80.8. The summed E-state index contributed by atoms with van der Waals surface area (Å²) >= 11 is 0. The Balaban J connectivity index is 3.34. The summed E-state index contributed by atoms with van der Waals surface area (Å²) in [6.45, 7) is 4.97. The molecule has 2 atom stereocenters. The van der Waals surface area contributed by atoms with Crippen LogP contribution in [0, 0.1) is 0 Å². The smallest absolute Gasteiger partial charge is 0.305 e. The Hall–Kier alpha value is -1.66. The van der Waals surface area contributed by atoms with Crippen LogP contribution in [-0.4, -0.2) is 47.4 Å². The summed E-state index contributed by atoms with van der Waals surface area (Å²) in [4.78, 5) is 24.7. The fourth-order valence-electron chi connectivity index (χ4n) is 13.6. The number of rotatable bonds is 80. The lowest BCUT2D eigenvalue weighted by molar-refractivity contribution is -0.143. The van der Waals surface area contributed by atoms with Crippen molar-refractivity contribution in [2.24, 2.45) is 0 Å². The van der Waals surface area contributed by atoms with Crippen molar-refractivity contribution in [1.82, 2.24) is 5.32 Å². The van der Waals surface area contributed by atoms with Crippen molar-refractivity contribution in [2.75, 3.05) is 13.2 Å². The first-order valence-electron chi connectivity index (χ1n) is 42.1. The third-order valence-electron chi connectivity index (χ3n) is 20.0. The van der Waals surface area contributed by atoms with Crippen LogP contribution in [0.25, 0.3) is 0 Å². The van der Waals surface area contributed by atoms with Crippen LogP contribution in [0.5, 0.6) is 0 Å². The van der Waals surface area contributed by atoms with E-state index in [1.165, 1.54) is 417 Å². The van der Waals surface area contributed by atoms with Gasteiger partial charge in [-0.15, -0.1) is 0 Å². The van der Waals surface area contributed by atoms with E-state index in [1.807, 2.05) is 6.08 Å². The highest BCUT2D eigenvalue weighted by Gasteiger charge is 2.18. The van der Waals surface area contributed by atoms with Crippen LogP contribution in [-0.2, 0) is 14.3 Å². The fourth-order valence-corrected chi connectivity index (χ4v) is 13.6. The third-order valence-corrected chi connectivity index (χ3v) is 20.0. The number of unbranched alkanes of at least 4 members (excludes halogenated alkanes) is 67. The lowest BCUT2D eigenvalue weighted by atomic mass is 10.0. The van der Waals surface area contributed by atoms with E-state index in [-0.39, 0.29) is 18.5 Å². The van der Waals surface area contributed by atoms with E-state index in [4.69, 9.17) is 4.74 Å². The van der Waals surface area contributed by atoms with E-state index < -0.39 is 12.1 Å². The molecule has 0 aromatic carbocycles. The van der Waals surface area contributed by atoms with Crippen LogP contribution in [0.15, 0.2) is 24.3 Å². The van der Waals surface area contributed by atoms with Gasteiger partial charge in [0.1, 0.15) is 0 Å². The number of carbonyl (C=O) groups excluding carboxylic acids is 2. The van der Waals surface area contributed by atoms with E-state index in [1.54, 1.807) is 6.08 Å². The Morgan fingerprint density at radius 3 is 0.780 bits per heavy atom. The molecule has 0 aromatic heterocycles. The van der Waals surface area contributed by atoms with E-state index >= 15 is 0 Å². The number of ether oxygens (including phenoxy) is 1. The lowest BCUT2D eigenvalue weighted by Gasteiger charge is -2.20. The van der Waals surface area contributed by atoms with Gasteiger partial charge in [0, 0.05) is 12.8 Å². The molecule has 0 saturated carbocycles. The summed E-state index contributed by atoms with van der Waals surface area (Å²) < 4.78 is 5.52. The average molecular weight is 1280 g/mol. The van der Waals surface area contributed by atoms with E-state index in [2.05, 4.69) is 31.3 Å². The van der Waals surface area contributed by atoms with Gasteiger partial charge in [-0.1, -0.05) is 436 Å². The van der Waals surface area contributed by atoms with Gasteiger partial charge in [0.15, 0.2) is 0 Å². The molecule has 0 radical (unpaired) electrons. The van der Waals surface area contributed by atoms with E-state index in [0.29, 0.717) is 19.4 Å². The van der Waals surface area contributed by atoms with Gasteiger partial charge in [0.2, 0.25) is 5.91 Å². The molecule has 0 aliphatic carbocycles. The van der Waals surface area contributed by atoms with E-state index in [0.717, 1.165) is 38.5 Å². The normalized spacial score (nSPS) is 12.5. The molecule has 3 N–H and O–H groups in total. The van der Waals surface area contributed by atoms with Crippen LogP contribution in [0.3, 0.4) is 0 Å². The largest absolute Gasteiger partial charge is 0.466 e. The highest BCUT2D eigenvalue weighted by Crippen LogP contribution is 2.20. The van der Waals surface area contributed by atoms with Crippen molar-refractivity contribution in [3.63, 3.8) is 0 Å². The van der Waals surface area contributed by atoms with Crippen molar-refractivity contribution < 1.29 is 24.5 Å². The average Bonchev–Trinajstić information content (AvgIpc) is 3.72. The summed E-state index contributed by atoms with van der Waals surface area (Å²) in [5.41, 5.74) is 0. The summed E-state index contributed by atoms with van der Waals surface area (Å²) in [5.74, 6) is -0.0335.